The van der Waals surface area contributed by atoms with Crippen LogP contribution in [0, 0.1) is 23.2 Å². The van der Waals surface area contributed by atoms with E-state index in [0.29, 0.717) is 71.5 Å². The standard InChI is InChI=1S/C41H43N5O4S/c1-25-10-11-27-14-17-41(21-25,22-26(27)2)24-50-36-20-29(15-18-42-36)30-12-13-35(44-37(30)39(48)49)46-19-16-28-6-5-7-31(32(28)23-46)38(47)45-40-43-33-8-3-4-9-34(33)51-40/h3-9,12-13,15,18,20,25-27H,10-11,14,16-17,19,21-24H2,1-2H3,(H,48,49)(H,43,45,47). The molecule has 4 atom stereocenters. The number of fused-ring (bicyclic) bond motifs is 7. The molecule has 2 bridgehead atoms. The number of rotatable bonds is 8. The minimum atomic E-state index is -1.10. The monoisotopic (exact) mass is 701 g/mol. The first-order valence-corrected chi connectivity index (χ1v) is 18.9. The highest BCUT2D eigenvalue weighted by Crippen LogP contribution is 2.51. The van der Waals surface area contributed by atoms with Gasteiger partial charge in [-0.15, -0.1) is 0 Å². The van der Waals surface area contributed by atoms with Gasteiger partial charge in [0.1, 0.15) is 5.82 Å². The fraction of sp³-hybridized carbons (Fsp3) is 0.390. The summed E-state index contributed by atoms with van der Waals surface area (Å²) in [5.74, 6) is 1.96. The number of anilines is 2. The summed E-state index contributed by atoms with van der Waals surface area (Å²) < 4.78 is 7.44. The zero-order chi connectivity index (χ0) is 35.1. The first-order valence-electron chi connectivity index (χ1n) is 18.1. The second-order valence-electron chi connectivity index (χ2n) is 15.0. The highest BCUT2D eigenvalue weighted by atomic mass is 32.1. The number of hydrogen-bond acceptors (Lipinski definition) is 8. The molecule has 0 spiro atoms. The second-order valence-corrected chi connectivity index (χ2v) is 16.0. The van der Waals surface area contributed by atoms with Crippen LogP contribution in [0.1, 0.15) is 84.3 Å². The number of carboxylic acid groups (broad SMARTS) is 1. The zero-order valence-corrected chi connectivity index (χ0v) is 29.9. The van der Waals surface area contributed by atoms with E-state index in [0.717, 1.165) is 27.3 Å². The average molecular weight is 702 g/mol. The lowest BCUT2D eigenvalue weighted by molar-refractivity contribution is 0.00278. The van der Waals surface area contributed by atoms with E-state index in [-0.39, 0.29) is 17.0 Å². The molecule has 4 aliphatic rings. The number of nitrogens with zero attached hydrogens (tertiary/aromatic N) is 4. The van der Waals surface area contributed by atoms with E-state index in [1.54, 1.807) is 6.20 Å². The van der Waals surface area contributed by atoms with Crippen LogP contribution < -0.4 is 15.0 Å². The van der Waals surface area contributed by atoms with Crippen molar-refractivity contribution in [2.24, 2.45) is 23.2 Å². The molecule has 4 unspecified atom stereocenters. The molecule has 51 heavy (non-hydrogen) atoms. The van der Waals surface area contributed by atoms with Gasteiger partial charge in [0, 0.05) is 41.9 Å². The number of thiazole rings is 1. The topological polar surface area (TPSA) is 118 Å². The molecule has 3 saturated carbocycles. The third-order valence-corrected chi connectivity index (χ3v) is 12.4. The molecule has 2 N–H and O–H groups in total. The summed E-state index contributed by atoms with van der Waals surface area (Å²) in [6.07, 6.45) is 9.84. The zero-order valence-electron chi connectivity index (χ0n) is 29.1. The Bertz CT molecular complexity index is 2080. The lowest BCUT2D eigenvalue weighted by atomic mass is 9.59. The highest BCUT2D eigenvalue weighted by Gasteiger charge is 2.42. The summed E-state index contributed by atoms with van der Waals surface area (Å²) in [4.78, 5) is 42.0. The van der Waals surface area contributed by atoms with Crippen LogP contribution in [-0.2, 0) is 13.0 Å². The lowest BCUT2D eigenvalue weighted by Crippen LogP contribution is -2.40. The van der Waals surface area contributed by atoms with Crippen molar-refractivity contribution in [3.8, 4) is 17.0 Å². The Kier molecular flexibility index (Phi) is 8.96. The lowest BCUT2D eigenvalue weighted by Gasteiger charge is -2.47. The summed E-state index contributed by atoms with van der Waals surface area (Å²) in [7, 11) is 0. The van der Waals surface area contributed by atoms with E-state index in [9.17, 15) is 14.7 Å². The third kappa shape index (κ3) is 6.81. The molecule has 3 aromatic heterocycles. The number of amides is 1. The predicted molar refractivity (Wildman–Crippen MR) is 201 cm³/mol. The van der Waals surface area contributed by atoms with Crippen LogP contribution in [-0.4, -0.2) is 45.1 Å². The van der Waals surface area contributed by atoms with E-state index in [1.165, 1.54) is 49.9 Å². The Labute approximate surface area is 302 Å². The molecule has 3 fully saturated rings. The van der Waals surface area contributed by atoms with Crippen LogP contribution in [0.2, 0.25) is 0 Å². The molecule has 9 rings (SSSR count). The van der Waals surface area contributed by atoms with Gasteiger partial charge in [0.2, 0.25) is 5.88 Å². The molecule has 4 heterocycles. The van der Waals surface area contributed by atoms with Gasteiger partial charge in [-0.2, -0.15) is 0 Å². The van der Waals surface area contributed by atoms with Crippen LogP contribution in [0.4, 0.5) is 10.9 Å². The maximum absolute atomic E-state index is 13.5. The third-order valence-electron chi connectivity index (χ3n) is 11.4. The average Bonchev–Trinajstić information content (AvgIpc) is 3.54. The fourth-order valence-corrected chi connectivity index (χ4v) is 9.72. The van der Waals surface area contributed by atoms with Gasteiger partial charge < -0.3 is 14.7 Å². The van der Waals surface area contributed by atoms with E-state index in [4.69, 9.17) is 4.74 Å². The van der Waals surface area contributed by atoms with Gasteiger partial charge in [0.15, 0.2) is 10.8 Å². The first-order chi connectivity index (χ1) is 24.7. The molecule has 0 saturated heterocycles. The highest BCUT2D eigenvalue weighted by molar-refractivity contribution is 7.22. The van der Waals surface area contributed by atoms with E-state index in [2.05, 4.69) is 34.1 Å². The summed E-state index contributed by atoms with van der Waals surface area (Å²) in [6.45, 7) is 6.48. The number of carbonyl (C=O) groups excluding carboxylic acids is 1. The Morgan fingerprint density at radius 2 is 1.90 bits per heavy atom. The summed E-state index contributed by atoms with van der Waals surface area (Å²) in [5, 5.41) is 13.9. The maximum Gasteiger partial charge on any atom is 0.355 e. The summed E-state index contributed by atoms with van der Waals surface area (Å²) in [5.41, 5.74) is 4.77. The van der Waals surface area contributed by atoms with Gasteiger partial charge in [-0.25, -0.2) is 19.7 Å². The Balaban J connectivity index is 1.01. The number of para-hydroxylation sites is 1. The van der Waals surface area contributed by atoms with Crippen molar-refractivity contribution in [1.82, 2.24) is 15.0 Å². The number of ether oxygens (including phenoxy) is 1. The largest absolute Gasteiger partial charge is 0.477 e. The minimum absolute atomic E-state index is 0.0307. The van der Waals surface area contributed by atoms with Crippen molar-refractivity contribution in [3.63, 3.8) is 0 Å². The summed E-state index contributed by atoms with van der Waals surface area (Å²) in [6, 6.07) is 20.9. The van der Waals surface area contributed by atoms with E-state index < -0.39 is 5.97 Å². The predicted octanol–water partition coefficient (Wildman–Crippen LogP) is 8.89. The van der Waals surface area contributed by atoms with Gasteiger partial charge in [-0.3, -0.25) is 10.1 Å². The van der Waals surface area contributed by atoms with Crippen molar-refractivity contribution in [2.45, 2.75) is 65.3 Å². The molecule has 5 aromatic rings. The Morgan fingerprint density at radius 3 is 2.75 bits per heavy atom. The smallest absolute Gasteiger partial charge is 0.355 e. The molecule has 1 amide bonds. The van der Waals surface area contributed by atoms with Crippen molar-refractivity contribution in [2.75, 3.05) is 23.4 Å². The second kappa shape index (κ2) is 13.7. The van der Waals surface area contributed by atoms with Gasteiger partial charge in [-0.05, 0) is 109 Å². The maximum atomic E-state index is 13.5. The van der Waals surface area contributed by atoms with Crippen molar-refractivity contribution < 1.29 is 19.4 Å². The normalized spacial score (nSPS) is 22.9. The van der Waals surface area contributed by atoms with Crippen LogP contribution >= 0.6 is 11.3 Å². The van der Waals surface area contributed by atoms with Crippen LogP contribution in [0.3, 0.4) is 0 Å². The van der Waals surface area contributed by atoms with Crippen molar-refractivity contribution in [1.29, 1.82) is 0 Å². The van der Waals surface area contributed by atoms with Crippen molar-refractivity contribution >= 4 is 44.4 Å². The van der Waals surface area contributed by atoms with E-state index >= 15 is 0 Å². The fourth-order valence-electron chi connectivity index (χ4n) is 8.86. The SMILES string of the molecule is CC1CCC2CCC(COc3cc(-c4ccc(N5CCc6cccc(C(=O)Nc7nc8ccccc8s7)c6C5)nc4C(=O)O)ccn3)(C1)CC2C. The molecular formula is C41H43N5O4S. The van der Waals surface area contributed by atoms with Gasteiger partial charge in [0.25, 0.3) is 5.91 Å². The number of aromatic nitrogens is 3. The molecule has 2 aromatic carbocycles. The number of nitrogens with one attached hydrogen (secondary N) is 1. The Hall–Kier alpha value is -4.83. The molecular weight excluding hydrogens is 659 g/mol. The quantitative estimate of drug-likeness (QED) is 0.165. The summed E-state index contributed by atoms with van der Waals surface area (Å²) >= 11 is 1.44. The van der Waals surface area contributed by atoms with Crippen LogP contribution in [0.25, 0.3) is 21.3 Å². The number of carbonyl (C=O) groups is 2. The van der Waals surface area contributed by atoms with Gasteiger partial charge in [0.05, 0.1) is 16.8 Å². The number of carboxylic acids is 1. The minimum Gasteiger partial charge on any atom is -0.477 e. The Morgan fingerprint density at radius 1 is 1.02 bits per heavy atom. The molecule has 3 aliphatic carbocycles. The molecule has 262 valence electrons. The molecule has 10 heteroatoms. The van der Waals surface area contributed by atoms with Crippen molar-refractivity contribution in [3.05, 3.63) is 95.3 Å². The van der Waals surface area contributed by atoms with Gasteiger partial charge in [-0.1, -0.05) is 55.9 Å². The first kappa shape index (κ1) is 33.3. The van der Waals surface area contributed by atoms with Gasteiger partial charge >= 0.3 is 5.97 Å². The number of hydrogen-bond donors (Lipinski definition) is 2. The molecule has 9 nitrogen and oxygen atoms in total. The molecule has 0 radical (unpaired) electrons. The number of aromatic carboxylic acids is 1. The van der Waals surface area contributed by atoms with E-state index in [1.807, 2.05) is 71.6 Å². The number of pyridine rings is 2. The van der Waals surface area contributed by atoms with Crippen LogP contribution in [0.15, 0.2) is 72.9 Å². The molecule has 1 aliphatic heterocycles. The van der Waals surface area contributed by atoms with Crippen LogP contribution in [0.5, 0.6) is 5.88 Å². The number of benzene rings is 2.